The average Bonchev–Trinajstić information content (AvgIpc) is 2.26. The summed E-state index contributed by atoms with van der Waals surface area (Å²) in [6.07, 6.45) is 1.61. The van der Waals surface area contributed by atoms with Gasteiger partial charge >= 0.3 is 0 Å². The van der Waals surface area contributed by atoms with Crippen molar-refractivity contribution >= 4 is 0 Å². The van der Waals surface area contributed by atoms with E-state index < -0.39 is 5.54 Å². The molecule has 6 heteroatoms. The molecule has 6 nitrogen and oxygen atoms in total. The van der Waals surface area contributed by atoms with E-state index in [4.69, 9.17) is 10.8 Å². The van der Waals surface area contributed by atoms with Crippen LogP contribution in [0.5, 0.6) is 0 Å². The Kier molecular flexibility index (Phi) is 4.20. The van der Waals surface area contributed by atoms with Crippen LogP contribution in [0.15, 0.2) is 5.11 Å². The zero-order valence-electron chi connectivity index (χ0n) is 8.03. The summed E-state index contributed by atoms with van der Waals surface area (Å²) >= 11 is 0. The minimum Gasteiger partial charge on any atom is -0.317 e. The Bertz CT molecular complexity index is 255. The van der Waals surface area contributed by atoms with E-state index in [1.54, 1.807) is 0 Å². The highest BCUT2D eigenvalue weighted by Gasteiger charge is 2.30. The first kappa shape index (κ1) is 10.8. The van der Waals surface area contributed by atoms with E-state index in [2.05, 4.69) is 26.7 Å². The van der Waals surface area contributed by atoms with Crippen molar-refractivity contribution in [2.45, 2.75) is 18.4 Å². The molecule has 0 aromatic heterocycles. The van der Waals surface area contributed by atoms with Gasteiger partial charge in [-0.1, -0.05) is 5.11 Å². The van der Waals surface area contributed by atoms with Crippen LogP contribution in [0, 0.1) is 11.3 Å². The molecule has 1 aliphatic heterocycles. The summed E-state index contributed by atoms with van der Waals surface area (Å²) in [5.74, 6) is 0. The van der Waals surface area contributed by atoms with Crippen LogP contribution in [-0.4, -0.2) is 31.7 Å². The molecule has 0 aromatic carbocycles. The van der Waals surface area contributed by atoms with E-state index in [0.717, 1.165) is 25.9 Å². The fourth-order valence-corrected chi connectivity index (χ4v) is 1.57. The number of nitrogens with one attached hydrogen (secondary N) is 2. The molecular weight excluding hydrogens is 180 g/mol. The molecule has 0 saturated carbocycles. The molecule has 0 unspecified atom stereocenters. The van der Waals surface area contributed by atoms with Crippen LogP contribution in [0.2, 0.25) is 0 Å². The minimum atomic E-state index is -0.420. The molecule has 0 radical (unpaired) electrons. The van der Waals surface area contributed by atoms with Crippen LogP contribution in [-0.2, 0) is 0 Å². The van der Waals surface area contributed by atoms with Crippen molar-refractivity contribution in [3.8, 4) is 6.07 Å². The Morgan fingerprint density at radius 2 is 2.29 bits per heavy atom. The third kappa shape index (κ3) is 2.89. The molecule has 1 rings (SSSR count). The van der Waals surface area contributed by atoms with Gasteiger partial charge in [0.05, 0.1) is 6.07 Å². The predicted octanol–water partition coefficient (Wildman–Crippen LogP) is 0.532. The quantitative estimate of drug-likeness (QED) is 0.295. The van der Waals surface area contributed by atoms with Gasteiger partial charge in [-0.15, -0.1) is 0 Å². The molecular formula is C8H14N6. The largest absolute Gasteiger partial charge is 0.317 e. The third-order valence-corrected chi connectivity index (χ3v) is 2.41. The molecule has 1 heterocycles. The molecule has 0 aromatic rings. The van der Waals surface area contributed by atoms with Crippen LogP contribution in [0.3, 0.4) is 0 Å². The second kappa shape index (κ2) is 5.45. The van der Waals surface area contributed by atoms with Crippen LogP contribution in [0.25, 0.3) is 10.4 Å². The van der Waals surface area contributed by atoms with Gasteiger partial charge in [-0.25, -0.2) is 0 Å². The van der Waals surface area contributed by atoms with Crippen molar-refractivity contribution < 1.29 is 0 Å². The number of hydrogen-bond acceptors (Lipinski definition) is 4. The Balaban J connectivity index is 2.37. The third-order valence-electron chi connectivity index (χ3n) is 2.41. The fraction of sp³-hybridized carbons (Fsp3) is 0.875. The maximum Gasteiger partial charge on any atom is 0.109 e. The lowest BCUT2D eigenvalue weighted by Crippen LogP contribution is -2.52. The number of nitrogens with zero attached hydrogens (tertiary/aromatic N) is 4. The molecule has 0 spiro atoms. The van der Waals surface area contributed by atoms with Crippen LogP contribution < -0.4 is 10.6 Å². The number of hydrogen-bond donors (Lipinski definition) is 2. The molecule has 76 valence electrons. The standard InChI is InChI=1S/C8H14N6/c9-7-8(1-3-11-4-2-8)12-5-6-13-14-10/h11-12H,1-6H2. The lowest BCUT2D eigenvalue weighted by Gasteiger charge is -2.32. The molecule has 0 aliphatic carbocycles. The Labute approximate surface area is 82.9 Å². The van der Waals surface area contributed by atoms with Crippen molar-refractivity contribution in [3.63, 3.8) is 0 Å². The van der Waals surface area contributed by atoms with Gasteiger partial charge in [0.25, 0.3) is 0 Å². The first-order chi connectivity index (χ1) is 6.83. The highest BCUT2D eigenvalue weighted by atomic mass is 15.1. The molecule has 1 fully saturated rings. The summed E-state index contributed by atoms with van der Waals surface area (Å²) in [5.41, 5.74) is 7.66. The topological polar surface area (TPSA) is 96.6 Å². The lowest BCUT2D eigenvalue weighted by molar-refractivity contribution is 0.314. The lowest BCUT2D eigenvalue weighted by atomic mass is 9.90. The van der Waals surface area contributed by atoms with Gasteiger partial charge in [-0.05, 0) is 31.5 Å². The average molecular weight is 194 g/mol. The van der Waals surface area contributed by atoms with E-state index in [9.17, 15) is 0 Å². The second-order valence-electron chi connectivity index (χ2n) is 3.33. The van der Waals surface area contributed by atoms with Crippen molar-refractivity contribution in [2.75, 3.05) is 26.2 Å². The van der Waals surface area contributed by atoms with E-state index in [1.165, 1.54) is 0 Å². The summed E-state index contributed by atoms with van der Waals surface area (Å²) in [6, 6.07) is 2.31. The monoisotopic (exact) mass is 194 g/mol. The van der Waals surface area contributed by atoms with Crippen molar-refractivity contribution in [1.29, 1.82) is 5.26 Å². The molecule has 0 amide bonds. The van der Waals surface area contributed by atoms with Gasteiger partial charge < -0.3 is 5.32 Å². The first-order valence-electron chi connectivity index (χ1n) is 4.71. The van der Waals surface area contributed by atoms with E-state index in [0.29, 0.717) is 13.1 Å². The molecule has 1 aliphatic rings. The molecule has 2 N–H and O–H groups in total. The zero-order valence-corrected chi connectivity index (χ0v) is 8.03. The Morgan fingerprint density at radius 1 is 1.57 bits per heavy atom. The van der Waals surface area contributed by atoms with E-state index in [-0.39, 0.29) is 0 Å². The van der Waals surface area contributed by atoms with Crippen LogP contribution in [0.1, 0.15) is 12.8 Å². The van der Waals surface area contributed by atoms with Gasteiger partial charge in [0.2, 0.25) is 0 Å². The number of rotatable bonds is 4. The maximum absolute atomic E-state index is 9.05. The van der Waals surface area contributed by atoms with Gasteiger partial charge in [0.15, 0.2) is 0 Å². The summed E-state index contributed by atoms with van der Waals surface area (Å²) < 4.78 is 0. The van der Waals surface area contributed by atoms with Gasteiger partial charge in [0, 0.05) is 18.0 Å². The summed E-state index contributed by atoms with van der Waals surface area (Å²) in [6.45, 7) is 2.69. The number of azide groups is 1. The highest BCUT2D eigenvalue weighted by Crippen LogP contribution is 2.16. The van der Waals surface area contributed by atoms with Crippen molar-refractivity contribution in [1.82, 2.24) is 10.6 Å². The molecule has 1 saturated heterocycles. The van der Waals surface area contributed by atoms with Crippen molar-refractivity contribution in [2.24, 2.45) is 5.11 Å². The number of piperidine rings is 1. The van der Waals surface area contributed by atoms with Crippen LogP contribution in [0.4, 0.5) is 0 Å². The number of nitriles is 1. The first-order valence-corrected chi connectivity index (χ1v) is 4.71. The second-order valence-corrected chi connectivity index (χ2v) is 3.33. The van der Waals surface area contributed by atoms with E-state index in [1.807, 2.05) is 0 Å². The van der Waals surface area contributed by atoms with Crippen molar-refractivity contribution in [3.05, 3.63) is 10.4 Å². The molecule has 0 bridgehead atoms. The van der Waals surface area contributed by atoms with Gasteiger partial charge in [0.1, 0.15) is 5.54 Å². The normalized spacial score (nSPS) is 19.4. The predicted molar refractivity (Wildman–Crippen MR) is 52.5 cm³/mol. The molecule has 0 atom stereocenters. The maximum atomic E-state index is 9.05. The van der Waals surface area contributed by atoms with Gasteiger partial charge in [-0.3, -0.25) is 5.32 Å². The Morgan fingerprint density at radius 3 is 2.86 bits per heavy atom. The van der Waals surface area contributed by atoms with Gasteiger partial charge in [-0.2, -0.15) is 5.26 Å². The summed E-state index contributed by atoms with van der Waals surface area (Å²) in [4.78, 5) is 2.66. The minimum absolute atomic E-state index is 0.396. The summed E-state index contributed by atoms with van der Waals surface area (Å²) in [7, 11) is 0. The zero-order chi connectivity index (χ0) is 10.3. The van der Waals surface area contributed by atoms with Crippen LogP contribution >= 0.6 is 0 Å². The summed E-state index contributed by atoms with van der Waals surface area (Å²) in [5, 5.41) is 18.8. The fourth-order valence-electron chi connectivity index (χ4n) is 1.57. The van der Waals surface area contributed by atoms with E-state index >= 15 is 0 Å². The smallest absolute Gasteiger partial charge is 0.109 e. The highest BCUT2D eigenvalue weighted by molar-refractivity contribution is 5.09. The Hall–Kier alpha value is -1.28. The molecule has 14 heavy (non-hydrogen) atoms. The SMILES string of the molecule is N#CC1(NCCN=[N+]=[N-])CCNCC1.